The molecule has 0 fully saturated rings. The van der Waals surface area contributed by atoms with Gasteiger partial charge in [0.25, 0.3) is 0 Å². The van der Waals surface area contributed by atoms with Gasteiger partial charge in [0.15, 0.2) is 0 Å². The number of halogens is 1. The first-order valence-electron chi connectivity index (χ1n) is 5.85. The van der Waals surface area contributed by atoms with Gasteiger partial charge in [0.1, 0.15) is 5.82 Å². The van der Waals surface area contributed by atoms with Crippen LogP contribution in [0.5, 0.6) is 0 Å². The Bertz CT molecular complexity index is 638. The van der Waals surface area contributed by atoms with Crippen molar-refractivity contribution in [3.05, 3.63) is 58.9 Å². The van der Waals surface area contributed by atoms with Crippen LogP contribution in [0.2, 0.25) is 0 Å². The third kappa shape index (κ3) is 2.73. The molecule has 0 aliphatic heterocycles. The second-order valence-electron chi connectivity index (χ2n) is 4.37. The fraction of sp³-hybridized carbons (Fsp3) is 0.133. The van der Waals surface area contributed by atoms with E-state index >= 15 is 0 Å². The molecule has 19 heavy (non-hydrogen) atoms. The first-order chi connectivity index (χ1) is 8.99. The second-order valence-corrected chi connectivity index (χ2v) is 4.37. The third-order valence-corrected chi connectivity index (χ3v) is 3.09. The van der Waals surface area contributed by atoms with Crippen molar-refractivity contribution in [3.8, 4) is 0 Å². The van der Waals surface area contributed by atoms with Crippen molar-refractivity contribution in [1.29, 1.82) is 0 Å². The fourth-order valence-corrected chi connectivity index (χ4v) is 1.83. The lowest BCUT2D eigenvalue weighted by Crippen LogP contribution is -2.04. The highest BCUT2D eigenvalue weighted by Crippen LogP contribution is 2.25. The standard InChI is InChI=1S/C15H14FNO2/c1-9-4-3-5-13(10(9)2)17-14-7-6-11(16)8-12(14)15(18)19/h3-8,17H,1-2H3,(H,18,19). The zero-order chi connectivity index (χ0) is 14.0. The molecular formula is C15H14FNO2. The van der Waals surface area contributed by atoms with Gasteiger partial charge >= 0.3 is 5.97 Å². The van der Waals surface area contributed by atoms with Gasteiger partial charge in [-0.05, 0) is 49.2 Å². The fourth-order valence-electron chi connectivity index (χ4n) is 1.83. The summed E-state index contributed by atoms with van der Waals surface area (Å²) in [7, 11) is 0. The van der Waals surface area contributed by atoms with Crippen molar-refractivity contribution in [1.82, 2.24) is 0 Å². The van der Waals surface area contributed by atoms with Crippen LogP contribution in [0.3, 0.4) is 0 Å². The molecule has 0 heterocycles. The van der Waals surface area contributed by atoms with Crippen LogP contribution in [0, 0.1) is 19.7 Å². The lowest BCUT2D eigenvalue weighted by atomic mass is 10.1. The van der Waals surface area contributed by atoms with Gasteiger partial charge in [-0.3, -0.25) is 0 Å². The molecule has 3 nitrogen and oxygen atoms in total. The molecule has 0 unspecified atom stereocenters. The van der Waals surface area contributed by atoms with Crippen LogP contribution in [-0.2, 0) is 0 Å². The molecular weight excluding hydrogens is 245 g/mol. The molecule has 2 aromatic carbocycles. The highest BCUT2D eigenvalue weighted by Gasteiger charge is 2.12. The summed E-state index contributed by atoms with van der Waals surface area (Å²) in [5.74, 6) is -1.73. The molecule has 0 aliphatic carbocycles. The predicted octanol–water partition coefficient (Wildman–Crippen LogP) is 3.88. The first kappa shape index (κ1) is 13.1. The molecule has 0 amide bonds. The van der Waals surface area contributed by atoms with E-state index in [2.05, 4.69) is 5.32 Å². The number of aromatic carboxylic acids is 1. The number of rotatable bonds is 3. The minimum Gasteiger partial charge on any atom is -0.478 e. The van der Waals surface area contributed by atoms with Gasteiger partial charge in [-0.15, -0.1) is 0 Å². The van der Waals surface area contributed by atoms with Crippen molar-refractivity contribution in [2.24, 2.45) is 0 Å². The monoisotopic (exact) mass is 259 g/mol. The summed E-state index contributed by atoms with van der Waals surface area (Å²) in [6.45, 7) is 3.92. The van der Waals surface area contributed by atoms with Crippen LogP contribution < -0.4 is 5.32 Å². The Balaban J connectivity index is 2.44. The van der Waals surface area contributed by atoms with Gasteiger partial charge in [0.05, 0.1) is 11.3 Å². The Morgan fingerprint density at radius 2 is 1.89 bits per heavy atom. The number of nitrogens with one attached hydrogen (secondary N) is 1. The van der Waals surface area contributed by atoms with Crippen LogP contribution >= 0.6 is 0 Å². The van der Waals surface area contributed by atoms with E-state index in [0.717, 1.165) is 22.9 Å². The molecule has 98 valence electrons. The number of aryl methyl sites for hydroxylation is 1. The highest BCUT2D eigenvalue weighted by atomic mass is 19.1. The molecule has 4 heteroatoms. The van der Waals surface area contributed by atoms with E-state index in [9.17, 15) is 9.18 Å². The lowest BCUT2D eigenvalue weighted by molar-refractivity contribution is 0.0697. The van der Waals surface area contributed by atoms with Crippen LogP contribution in [-0.4, -0.2) is 11.1 Å². The molecule has 0 aliphatic rings. The summed E-state index contributed by atoms with van der Waals surface area (Å²) in [5.41, 5.74) is 3.24. The predicted molar refractivity (Wildman–Crippen MR) is 72.6 cm³/mol. The quantitative estimate of drug-likeness (QED) is 0.879. The lowest BCUT2D eigenvalue weighted by Gasteiger charge is -2.13. The molecule has 0 saturated heterocycles. The second kappa shape index (κ2) is 5.10. The zero-order valence-corrected chi connectivity index (χ0v) is 10.7. The number of benzene rings is 2. The molecule has 2 aromatic rings. The van der Waals surface area contributed by atoms with E-state index in [1.807, 2.05) is 32.0 Å². The minimum absolute atomic E-state index is 0.0825. The molecule has 0 bridgehead atoms. The number of anilines is 2. The first-order valence-corrected chi connectivity index (χ1v) is 5.85. The Morgan fingerprint density at radius 1 is 1.16 bits per heavy atom. The van der Waals surface area contributed by atoms with Crippen LogP contribution in [0.15, 0.2) is 36.4 Å². The number of carbonyl (C=O) groups is 1. The Hall–Kier alpha value is -2.36. The van der Waals surface area contributed by atoms with Gasteiger partial charge in [-0.2, -0.15) is 0 Å². The van der Waals surface area contributed by atoms with E-state index in [1.54, 1.807) is 0 Å². The third-order valence-electron chi connectivity index (χ3n) is 3.09. The summed E-state index contributed by atoms with van der Waals surface area (Å²) in [6, 6.07) is 9.39. The van der Waals surface area contributed by atoms with Gasteiger partial charge < -0.3 is 10.4 Å². The smallest absolute Gasteiger partial charge is 0.337 e. The van der Waals surface area contributed by atoms with E-state index in [1.165, 1.54) is 12.1 Å². The Kier molecular flexibility index (Phi) is 3.51. The van der Waals surface area contributed by atoms with E-state index < -0.39 is 11.8 Å². The summed E-state index contributed by atoms with van der Waals surface area (Å²) >= 11 is 0. The maximum Gasteiger partial charge on any atom is 0.337 e. The van der Waals surface area contributed by atoms with Crippen LogP contribution in [0.25, 0.3) is 0 Å². The van der Waals surface area contributed by atoms with Crippen molar-refractivity contribution < 1.29 is 14.3 Å². The number of carboxylic acids is 1. The molecule has 0 atom stereocenters. The largest absolute Gasteiger partial charge is 0.478 e. The van der Waals surface area contributed by atoms with Gasteiger partial charge in [0, 0.05) is 5.69 Å². The Labute approximate surface area is 110 Å². The Morgan fingerprint density at radius 3 is 2.58 bits per heavy atom. The summed E-state index contributed by atoms with van der Waals surface area (Å²) in [6.07, 6.45) is 0. The van der Waals surface area contributed by atoms with Crippen molar-refractivity contribution in [3.63, 3.8) is 0 Å². The molecule has 0 saturated carbocycles. The topological polar surface area (TPSA) is 49.3 Å². The van der Waals surface area contributed by atoms with E-state index in [-0.39, 0.29) is 5.56 Å². The maximum absolute atomic E-state index is 13.1. The molecule has 2 N–H and O–H groups in total. The van der Waals surface area contributed by atoms with Crippen LogP contribution in [0.4, 0.5) is 15.8 Å². The molecule has 0 aromatic heterocycles. The van der Waals surface area contributed by atoms with E-state index in [4.69, 9.17) is 5.11 Å². The van der Waals surface area contributed by atoms with Crippen molar-refractivity contribution in [2.45, 2.75) is 13.8 Å². The van der Waals surface area contributed by atoms with Gasteiger partial charge in [0.2, 0.25) is 0 Å². The highest BCUT2D eigenvalue weighted by molar-refractivity contribution is 5.95. The van der Waals surface area contributed by atoms with Crippen molar-refractivity contribution >= 4 is 17.3 Å². The number of carboxylic acid groups (broad SMARTS) is 1. The zero-order valence-electron chi connectivity index (χ0n) is 10.7. The number of hydrogen-bond acceptors (Lipinski definition) is 2. The molecule has 0 spiro atoms. The van der Waals surface area contributed by atoms with Gasteiger partial charge in [-0.1, -0.05) is 12.1 Å². The summed E-state index contributed by atoms with van der Waals surface area (Å²) < 4.78 is 13.1. The summed E-state index contributed by atoms with van der Waals surface area (Å²) in [4.78, 5) is 11.1. The molecule has 0 radical (unpaired) electrons. The SMILES string of the molecule is Cc1cccc(Nc2ccc(F)cc2C(=O)O)c1C. The maximum atomic E-state index is 13.1. The average Bonchev–Trinajstić information content (AvgIpc) is 2.36. The normalized spacial score (nSPS) is 10.3. The van der Waals surface area contributed by atoms with Gasteiger partial charge in [-0.25, -0.2) is 9.18 Å². The minimum atomic E-state index is -1.16. The molecule has 2 rings (SSSR count). The number of hydrogen-bond donors (Lipinski definition) is 2. The van der Waals surface area contributed by atoms with Crippen molar-refractivity contribution in [2.75, 3.05) is 5.32 Å². The average molecular weight is 259 g/mol. The van der Waals surface area contributed by atoms with E-state index in [0.29, 0.717) is 5.69 Å². The van der Waals surface area contributed by atoms with Crippen LogP contribution in [0.1, 0.15) is 21.5 Å². The summed E-state index contributed by atoms with van der Waals surface area (Å²) in [5, 5.41) is 12.1.